The van der Waals surface area contributed by atoms with Gasteiger partial charge in [-0.25, -0.2) is 9.97 Å². The molecule has 23 heavy (non-hydrogen) atoms. The van der Waals surface area contributed by atoms with Gasteiger partial charge in [0, 0.05) is 5.70 Å². The van der Waals surface area contributed by atoms with Crippen molar-refractivity contribution < 1.29 is 4.79 Å². The number of aromatic nitrogens is 2. The van der Waals surface area contributed by atoms with Crippen LogP contribution in [0.25, 0.3) is 0 Å². The Morgan fingerprint density at radius 2 is 2.30 bits per heavy atom. The summed E-state index contributed by atoms with van der Waals surface area (Å²) in [6.07, 6.45) is 15.0. The second kappa shape index (κ2) is 7.75. The van der Waals surface area contributed by atoms with E-state index in [0.717, 1.165) is 30.2 Å². The molecular weight excluding hydrogens is 308 g/mol. The Kier molecular flexibility index (Phi) is 5.46. The number of carbonyl (C=O) groups is 1. The molecule has 2 aliphatic rings. The lowest BCUT2D eigenvalue weighted by Crippen LogP contribution is -2.34. The van der Waals surface area contributed by atoms with Crippen LogP contribution in [0.1, 0.15) is 29.8 Å². The summed E-state index contributed by atoms with van der Waals surface area (Å²) in [5, 5.41) is 7.18. The van der Waals surface area contributed by atoms with E-state index in [9.17, 15) is 4.79 Å². The molecule has 1 unspecified atom stereocenters. The molecule has 2 heterocycles. The molecule has 1 aliphatic carbocycles. The predicted molar refractivity (Wildman–Crippen MR) is 92.2 cm³/mol. The molecule has 0 bridgehead atoms. The third-order valence-electron chi connectivity index (χ3n) is 4.40. The van der Waals surface area contributed by atoms with E-state index in [-0.39, 0.29) is 5.91 Å². The SMILES string of the molecule is CSc1cnc(C(=O)NC2=CCC([C@@H]3CCCNC3)C=C2)cn1. The quantitative estimate of drug-likeness (QED) is 0.830. The van der Waals surface area contributed by atoms with E-state index in [4.69, 9.17) is 0 Å². The van der Waals surface area contributed by atoms with E-state index in [1.807, 2.05) is 12.3 Å². The highest BCUT2D eigenvalue weighted by Gasteiger charge is 2.22. The van der Waals surface area contributed by atoms with E-state index in [2.05, 4.69) is 32.8 Å². The third kappa shape index (κ3) is 4.20. The fourth-order valence-electron chi connectivity index (χ4n) is 3.06. The van der Waals surface area contributed by atoms with Crippen molar-refractivity contribution in [2.45, 2.75) is 24.3 Å². The van der Waals surface area contributed by atoms with E-state index in [0.29, 0.717) is 17.5 Å². The normalized spacial score (nSPS) is 24.1. The summed E-state index contributed by atoms with van der Waals surface area (Å²) in [5.41, 5.74) is 1.20. The standard InChI is InChI=1S/C17H22N4OS/c1-23-16-11-19-15(10-20-16)17(22)21-14-6-4-12(5-7-14)13-3-2-8-18-9-13/h4,6-7,10-13,18H,2-3,5,8-9H2,1H3,(H,21,22)/t12?,13-/m1/s1. The Morgan fingerprint density at radius 3 is 2.91 bits per heavy atom. The Bertz CT molecular complexity index is 606. The van der Waals surface area contributed by atoms with Crippen molar-refractivity contribution >= 4 is 17.7 Å². The van der Waals surface area contributed by atoms with Crippen LogP contribution in [-0.2, 0) is 0 Å². The van der Waals surface area contributed by atoms with Gasteiger partial charge in [0.05, 0.1) is 12.4 Å². The molecule has 1 saturated heterocycles. The molecule has 0 radical (unpaired) electrons. The smallest absolute Gasteiger partial charge is 0.275 e. The fraction of sp³-hybridized carbons (Fsp3) is 0.471. The number of carbonyl (C=O) groups excluding carboxylic acids is 1. The Morgan fingerprint density at radius 1 is 1.39 bits per heavy atom. The summed E-state index contributed by atoms with van der Waals surface area (Å²) in [6.45, 7) is 2.24. The van der Waals surface area contributed by atoms with Gasteiger partial charge in [-0.15, -0.1) is 11.8 Å². The van der Waals surface area contributed by atoms with Gasteiger partial charge in [0.25, 0.3) is 5.91 Å². The first-order valence-electron chi connectivity index (χ1n) is 8.02. The van der Waals surface area contributed by atoms with Crippen LogP contribution in [0.4, 0.5) is 0 Å². The molecular formula is C17H22N4OS. The average molecular weight is 330 g/mol. The van der Waals surface area contributed by atoms with Crippen molar-refractivity contribution in [3.63, 3.8) is 0 Å². The minimum atomic E-state index is -0.209. The van der Waals surface area contributed by atoms with Crippen LogP contribution in [0, 0.1) is 11.8 Å². The topological polar surface area (TPSA) is 66.9 Å². The Labute approximate surface area is 141 Å². The summed E-state index contributed by atoms with van der Waals surface area (Å²) < 4.78 is 0. The number of piperidine rings is 1. The summed E-state index contributed by atoms with van der Waals surface area (Å²) in [7, 11) is 0. The second-order valence-electron chi connectivity index (χ2n) is 5.92. The van der Waals surface area contributed by atoms with Crippen LogP contribution in [0.15, 0.2) is 41.3 Å². The fourth-order valence-corrected chi connectivity index (χ4v) is 3.37. The van der Waals surface area contributed by atoms with Crippen molar-refractivity contribution in [2.75, 3.05) is 19.3 Å². The highest BCUT2D eigenvalue weighted by atomic mass is 32.2. The molecule has 1 aromatic rings. The van der Waals surface area contributed by atoms with Crippen molar-refractivity contribution in [1.82, 2.24) is 20.6 Å². The van der Waals surface area contributed by atoms with Gasteiger partial charge in [0.2, 0.25) is 0 Å². The minimum Gasteiger partial charge on any atom is -0.321 e. The van der Waals surface area contributed by atoms with E-state index < -0.39 is 0 Å². The van der Waals surface area contributed by atoms with E-state index >= 15 is 0 Å². The number of allylic oxidation sites excluding steroid dienone is 3. The van der Waals surface area contributed by atoms with Crippen LogP contribution in [-0.4, -0.2) is 35.2 Å². The largest absolute Gasteiger partial charge is 0.321 e. The number of hydrogen-bond acceptors (Lipinski definition) is 5. The van der Waals surface area contributed by atoms with Gasteiger partial charge in [-0.1, -0.05) is 12.2 Å². The number of amides is 1. The molecule has 0 saturated carbocycles. The highest BCUT2D eigenvalue weighted by Crippen LogP contribution is 2.27. The van der Waals surface area contributed by atoms with Crippen molar-refractivity contribution in [3.05, 3.63) is 42.0 Å². The van der Waals surface area contributed by atoms with Gasteiger partial charge < -0.3 is 10.6 Å². The molecule has 5 nitrogen and oxygen atoms in total. The number of nitrogens with one attached hydrogen (secondary N) is 2. The predicted octanol–water partition coefficient (Wildman–Crippen LogP) is 2.39. The number of hydrogen-bond donors (Lipinski definition) is 2. The molecule has 1 amide bonds. The number of rotatable bonds is 4. The molecule has 3 rings (SSSR count). The molecule has 1 aromatic heterocycles. The molecule has 0 aromatic carbocycles. The van der Waals surface area contributed by atoms with Gasteiger partial charge in [0.15, 0.2) is 0 Å². The van der Waals surface area contributed by atoms with Gasteiger partial charge in [-0.2, -0.15) is 0 Å². The van der Waals surface area contributed by atoms with Crippen molar-refractivity contribution in [3.8, 4) is 0 Å². The molecule has 2 N–H and O–H groups in total. The number of nitrogens with zero attached hydrogens (tertiary/aromatic N) is 2. The number of thioether (sulfide) groups is 1. The zero-order valence-electron chi connectivity index (χ0n) is 13.3. The van der Waals surface area contributed by atoms with Gasteiger partial charge in [-0.3, -0.25) is 4.79 Å². The molecule has 0 spiro atoms. The molecule has 2 atom stereocenters. The summed E-state index contributed by atoms with van der Waals surface area (Å²) in [6, 6.07) is 0. The Hall–Kier alpha value is -1.66. The molecule has 122 valence electrons. The van der Waals surface area contributed by atoms with Crippen LogP contribution >= 0.6 is 11.8 Å². The van der Waals surface area contributed by atoms with Crippen molar-refractivity contribution in [2.24, 2.45) is 11.8 Å². The van der Waals surface area contributed by atoms with Gasteiger partial charge in [-0.05, 0) is 56.5 Å². The lowest BCUT2D eigenvalue weighted by molar-refractivity contribution is 0.0961. The first kappa shape index (κ1) is 16.2. The minimum absolute atomic E-state index is 0.209. The van der Waals surface area contributed by atoms with Crippen molar-refractivity contribution in [1.29, 1.82) is 0 Å². The van der Waals surface area contributed by atoms with Gasteiger partial charge in [0.1, 0.15) is 10.7 Å². The Balaban J connectivity index is 1.55. The highest BCUT2D eigenvalue weighted by molar-refractivity contribution is 7.98. The zero-order chi connectivity index (χ0) is 16.1. The first-order chi connectivity index (χ1) is 11.3. The summed E-state index contributed by atoms with van der Waals surface area (Å²) in [5.74, 6) is 1.07. The maximum Gasteiger partial charge on any atom is 0.275 e. The second-order valence-corrected chi connectivity index (χ2v) is 6.75. The van der Waals surface area contributed by atoms with E-state index in [1.54, 1.807) is 6.20 Å². The average Bonchev–Trinajstić information content (AvgIpc) is 2.63. The van der Waals surface area contributed by atoms with Gasteiger partial charge >= 0.3 is 0 Å². The molecule has 6 heteroatoms. The lowest BCUT2D eigenvalue weighted by Gasteiger charge is -2.30. The maximum atomic E-state index is 12.2. The molecule has 1 aliphatic heterocycles. The van der Waals surface area contributed by atoms with Crippen LogP contribution < -0.4 is 10.6 Å². The van der Waals surface area contributed by atoms with Crippen LogP contribution in [0.3, 0.4) is 0 Å². The third-order valence-corrected chi connectivity index (χ3v) is 5.03. The summed E-state index contributed by atoms with van der Waals surface area (Å²) in [4.78, 5) is 20.5. The van der Waals surface area contributed by atoms with E-state index in [1.165, 1.54) is 30.8 Å². The first-order valence-corrected chi connectivity index (χ1v) is 9.25. The van der Waals surface area contributed by atoms with Crippen LogP contribution in [0.5, 0.6) is 0 Å². The zero-order valence-corrected chi connectivity index (χ0v) is 14.1. The van der Waals surface area contributed by atoms with Crippen LogP contribution in [0.2, 0.25) is 0 Å². The summed E-state index contributed by atoms with van der Waals surface area (Å²) >= 11 is 1.51. The monoisotopic (exact) mass is 330 g/mol. The lowest BCUT2D eigenvalue weighted by atomic mass is 9.82. The molecule has 1 fully saturated rings. The maximum absolute atomic E-state index is 12.2.